The summed E-state index contributed by atoms with van der Waals surface area (Å²) in [6.07, 6.45) is 2.55. The average Bonchev–Trinajstić information content (AvgIpc) is 3.09. The summed E-state index contributed by atoms with van der Waals surface area (Å²) >= 11 is 0.900. The Balaban J connectivity index is 1.37. The normalized spacial score (nSPS) is 15.0. The molecule has 0 spiro atoms. The van der Waals surface area contributed by atoms with Gasteiger partial charge in [-0.25, -0.2) is 0 Å². The van der Waals surface area contributed by atoms with Crippen LogP contribution in [0.2, 0.25) is 0 Å². The van der Waals surface area contributed by atoms with Gasteiger partial charge in [0.25, 0.3) is 11.1 Å². The minimum Gasteiger partial charge on any atom is -0.497 e. The second-order valence-corrected chi connectivity index (χ2v) is 10.2. The van der Waals surface area contributed by atoms with Crippen LogP contribution in [-0.2, 0) is 15.0 Å². The second kappa shape index (κ2) is 11.9. The Labute approximate surface area is 210 Å². The number of amides is 3. The lowest BCUT2D eigenvalue weighted by Gasteiger charge is -2.19. The first-order valence-electron chi connectivity index (χ1n) is 11.6. The van der Waals surface area contributed by atoms with Crippen molar-refractivity contribution >= 4 is 34.9 Å². The summed E-state index contributed by atoms with van der Waals surface area (Å²) in [6, 6.07) is 15.2. The van der Waals surface area contributed by atoms with E-state index in [1.54, 1.807) is 25.3 Å². The zero-order chi connectivity index (χ0) is 25.4. The number of ether oxygens (including phenoxy) is 2. The van der Waals surface area contributed by atoms with Crippen molar-refractivity contribution in [1.82, 2.24) is 10.2 Å². The molecule has 35 heavy (non-hydrogen) atoms. The fourth-order valence-corrected chi connectivity index (χ4v) is 4.28. The molecule has 8 heteroatoms. The van der Waals surface area contributed by atoms with E-state index in [0.717, 1.165) is 28.0 Å². The lowest BCUT2D eigenvalue weighted by atomic mass is 9.87. The molecule has 0 unspecified atom stereocenters. The minimum absolute atomic E-state index is 0.0913. The molecule has 0 atom stereocenters. The molecule has 7 nitrogen and oxygen atoms in total. The van der Waals surface area contributed by atoms with E-state index in [1.807, 2.05) is 24.3 Å². The van der Waals surface area contributed by atoms with Gasteiger partial charge in [-0.3, -0.25) is 19.3 Å². The molecule has 1 saturated heterocycles. The van der Waals surface area contributed by atoms with Crippen LogP contribution in [0.4, 0.5) is 4.79 Å². The zero-order valence-electron chi connectivity index (χ0n) is 20.6. The van der Waals surface area contributed by atoms with Gasteiger partial charge in [0.05, 0.1) is 18.6 Å². The maximum atomic E-state index is 12.6. The Bertz CT molecular complexity index is 1070. The highest BCUT2D eigenvalue weighted by Gasteiger charge is 2.34. The van der Waals surface area contributed by atoms with Crippen LogP contribution in [0.15, 0.2) is 53.4 Å². The standard InChI is InChI=1S/C27H32N2O5S/c1-27(2,3)20-9-13-22(14-10-20)34-17-5-6-24(30)28-15-16-29-25(31)23(35-26(29)32)18-19-7-11-21(33-4)12-8-19/h7-14,18H,5-6,15-17H2,1-4H3,(H,28,30). The van der Waals surface area contributed by atoms with Gasteiger partial charge in [-0.2, -0.15) is 0 Å². The van der Waals surface area contributed by atoms with Gasteiger partial charge in [-0.1, -0.05) is 45.0 Å². The van der Waals surface area contributed by atoms with Crippen LogP contribution in [0, 0.1) is 0 Å². The Morgan fingerprint density at radius 2 is 1.69 bits per heavy atom. The van der Waals surface area contributed by atoms with Gasteiger partial charge >= 0.3 is 0 Å². The van der Waals surface area contributed by atoms with Gasteiger partial charge in [0.15, 0.2) is 0 Å². The molecular formula is C27H32N2O5S. The van der Waals surface area contributed by atoms with Crippen molar-refractivity contribution < 1.29 is 23.9 Å². The monoisotopic (exact) mass is 496 g/mol. The van der Waals surface area contributed by atoms with Crippen LogP contribution in [0.5, 0.6) is 11.5 Å². The van der Waals surface area contributed by atoms with Gasteiger partial charge in [0, 0.05) is 19.5 Å². The number of imide groups is 1. The summed E-state index contributed by atoms with van der Waals surface area (Å²) in [6.45, 7) is 7.26. The molecule has 3 amide bonds. The van der Waals surface area contributed by atoms with Gasteiger partial charge < -0.3 is 14.8 Å². The zero-order valence-corrected chi connectivity index (χ0v) is 21.4. The molecule has 1 aliphatic heterocycles. The van der Waals surface area contributed by atoms with Crippen molar-refractivity contribution in [1.29, 1.82) is 0 Å². The molecule has 0 radical (unpaired) electrons. The Hall–Kier alpha value is -3.26. The Morgan fingerprint density at radius 3 is 2.31 bits per heavy atom. The van der Waals surface area contributed by atoms with Gasteiger partial charge in [-0.05, 0) is 65.1 Å². The summed E-state index contributed by atoms with van der Waals surface area (Å²) in [5, 5.41) is 2.43. The lowest BCUT2D eigenvalue weighted by molar-refractivity contribution is -0.124. The van der Waals surface area contributed by atoms with Crippen molar-refractivity contribution in [3.8, 4) is 11.5 Å². The summed E-state index contributed by atoms with van der Waals surface area (Å²) in [5.74, 6) is 1.00. The maximum Gasteiger partial charge on any atom is 0.293 e. The summed E-state index contributed by atoms with van der Waals surface area (Å²) in [4.78, 5) is 38.5. The van der Waals surface area contributed by atoms with E-state index >= 15 is 0 Å². The van der Waals surface area contributed by atoms with E-state index in [1.165, 1.54) is 5.56 Å². The largest absolute Gasteiger partial charge is 0.497 e. The summed E-state index contributed by atoms with van der Waals surface area (Å²) in [7, 11) is 1.58. The third-order valence-corrected chi connectivity index (χ3v) is 6.39. The number of carbonyl (C=O) groups is 3. The number of nitrogens with zero attached hydrogens (tertiary/aromatic N) is 1. The first kappa shape index (κ1) is 26.3. The fourth-order valence-electron chi connectivity index (χ4n) is 3.41. The van der Waals surface area contributed by atoms with Gasteiger partial charge in [-0.15, -0.1) is 0 Å². The lowest BCUT2D eigenvalue weighted by Crippen LogP contribution is -2.37. The Kier molecular flexibility index (Phi) is 8.98. The molecule has 1 N–H and O–H groups in total. The highest BCUT2D eigenvalue weighted by atomic mass is 32.2. The number of thioether (sulfide) groups is 1. The minimum atomic E-state index is -0.351. The van der Waals surface area contributed by atoms with E-state index in [4.69, 9.17) is 9.47 Å². The number of nitrogens with one attached hydrogen (secondary N) is 1. The molecule has 2 aromatic carbocycles. The molecule has 0 saturated carbocycles. The quantitative estimate of drug-likeness (QED) is 0.368. The molecule has 1 aliphatic rings. The number of rotatable bonds is 10. The first-order valence-corrected chi connectivity index (χ1v) is 12.4. The number of hydrogen-bond acceptors (Lipinski definition) is 6. The van der Waals surface area contributed by atoms with Crippen molar-refractivity contribution in [2.45, 2.75) is 39.0 Å². The van der Waals surface area contributed by atoms with Crippen LogP contribution >= 0.6 is 11.8 Å². The van der Waals surface area contributed by atoms with Gasteiger partial charge in [0.1, 0.15) is 11.5 Å². The molecular weight excluding hydrogens is 464 g/mol. The van der Waals surface area contributed by atoms with E-state index in [-0.39, 0.29) is 35.6 Å². The topological polar surface area (TPSA) is 84.9 Å². The van der Waals surface area contributed by atoms with E-state index in [0.29, 0.717) is 30.1 Å². The van der Waals surface area contributed by atoms with Crippen LogP contribution in [-0.4, -0.2) is 48.8 Å². The molecule has 1 fully saturated rings. The van der Waals surface area contributed by atoms with Gasteiger partial charge in [0.2, 0.25) is 5.91 Å². The van der Waals surface area contributed by atoms with Crippen molar-refractivity contribution in [2.24, 2.45) is 0 Å². The third-order valence-electron chi connectivity index (χ3n) is 5.48. The number of hydrogen-bond donors (Lipinski definition) is 1. The summed E-state index contributed by atoms with van der Waals surface area (Å²) in [5.41, 5.74) is 2.13. The molecule has 0 aromatic heterocycles. The number of methoxy groups -OCH3 is 1. The smallest absolute Gasteiger partial charge is 0.293 e. The van der Waals surface area contributed by atoms with Crippen molar-refractivity contribution in [2.75, 3.05) is 26.8 Å². The summed E-state index contributed by atoms with van der Waals surface area (Å²) < 4.78 is 10.8. The molecule has 2 aromatic rings. The maximum absolute atomic E-state index is 12.6. The molecule has 3 rings (SSSR count). The van der Waals surface area contributed by atoms with Crippen molar-refractivity contribution in [3.05, 3.63) is 64.6 Å². The number of benzene rings is 2. The molecule has 0 aliphatic carbocycles. The molecule has 1 heterocycles. The molecule has 186 valence electrons. The van der Waals surface area contributed by atoms with Crippen molar-refractivity contribution in [3.63, 3.8) is 0 Å². The fraction of sp³-hybridized carbons (Fsp3) is 0.370. The SMILES string of the molecule is COc1ccc(C=C2SC(=O)N(CCNC(=O)CCCOc3ccc(C(C)(C)C)cc3)C2=O)cc1. The van der Waals surface area contributed by atoms with E-state index in [9.17, 15) is 14.4 Å². The Morgan fingerprint density at radius 1 is 1.03 bits per heavy atom. The van der Waals surface area contributed by atoms with E-state index < -0.39 is 0 Å². The second-order valence-electron chi connectivity index (χ2n) is 9.18. The predicted molar refractivity (Wildman–Crippen MR) is 139 cm³/mol. The molecule has 0 bridgehead atoms. The number of carbonyl (C=O) groups excluding carboxylic acids is 3. The van der Waals surface area contributed by atoms with Crippen LogP contribution in [0.25, 0.3) is 6.08 Å². The van der Waals surface area contributed by atoms with Crippen LogP contribution in [0.3, 0.4) is 0 Å². The third kappa shape index (κ3) is 7.62. The van der Waals surface area contributed by atoms with Crippen LogP contribution < -0.4 is 14.8 Å². The highest BCUT2D eigenvalue weighted by Crippen LogP contribution is 2.32. The highest BCUT2D eigenvalue weighted by molar-refractivity contribution is 8.18. The average molecular weight is 497 g/mol. The first-order chi connectivity index (χ1) is 16.7. The predicted octanol–water partition coefficient (Wildman–Crippen LogP) is 5.00. The van der Waals surface area contributed by atoms with E-state index in [2.05, 4.69) is 38.2 Å². The van der Waals surface area contributed by atoms with Crippen LogP contribution in [0.1, 0.15) is 44.7 Å².